The number of rotatable bonds is 5. The van der Waals surface area contributed by atoms with Crippen LogP contribution in [-0.4, -0.2) is 53.6 Å². The Kier molecular flexibility index (Phi) is 5.93. The minimum atomic E-state index is 0.0160. The van der Waals surface area contributed by atoms with Gasteiger partial charge in [-0.2, -0.15) is 0 Å². The van der Waals surface area contributed by atoms with Crippen molar-refractivity contribution in [2.24, 2.45) is 0 Å². The second-order valence-electron chi connectivity index (χ2n) is 7.55. The van der Waals surface area contributed by atoms with E-state index in [0.717, 1.165) is 41.5 Å². The van der Waals surface area contributed by atoms with Crippen LogP contribution >= 0.6 is 0 Å². The fourth-order valence-corrected chi connectivity index (χ4v) is 3.66. The monoisotopic (exact) mass is 402 g/mol. The van der Waals surface area contributed by atoms with Crippen LogP contribution in [0.4, 0.5) is 5.82 Å². The average Bonchev–Trinajstić information content (AvgIpc) is 2.79. The van der Waals surface area contributed by atoms with E-state index in [1.807, 2.05) is 67.3 Å². The molecule has 154 valence electrons. The van der Waals surface area contributed by atoms with Crippen LogP contribution < -0.4 is 9.64 Å². The molecule has 4 rings (SSSR count). The van der Waals surface area contributed by atoms with E-state index in [-0.39, 0.29) is 12.5 Å². The molecule has 6 heteroatoms. The van der Waals surface area contributed by atoms with Crippen LogP contribution in [0.15, 0.2) is 60.9 Å². The number of hydrogen-bond donors (Lipinski definition) is 0. The second-order valence-corrected chi connectivity index (χ2v) is 7.55. The number of aromatic nitrogens is 2. The molecule has 3 aromatic rings. The first-order valence-electron chi connectivity index (χ1n) is 10.2. The molecule has 0 unspecified atom stereocenters. The van der Waals surface area contributed by atoms with Crippen molar-refractivity contribution in [2.45, 2.75) is 13.8 Å². The molecule has 0 N–H and O–H groups in total. The lowest BCUT2D eigenvalue weighted by atomic mass is 10.1. The normalized spacial score (nSPS) is 13.9. The van der Waals surface area contributed by atoms with Crippen molar-refractivity contribution in [3.63, 3.8) is 0 Å². The maximum absolute atomic E-state index is 12.6. The summed E-state index contributed by atoms with van der Waals surface area (Å²) >= 11 is 0. The highest BCUT2D eigenvalue weighted by Crippen LogP contribution is 2.22. The summed E-state index contributed by atoms with van der Waals surface area (Å²) in [4.78, 5) is 25.5. The number of benzene rings is 2. The van der Waals surface area contributed by atoms with Crippen molar-refractivity contribution < 1.29 is 9.53 Å². The molecule has 0 aliphatic carbocycles. The van der Waals surface area contributed by atoms with E-state index in [4.69, 9.17) is 4.74 Å². The Labute approximate surface area is 177 Å². The number of anilines is 1. The molecular formula is C24H26N4O2. The van der Waals surface area contributed by atoms with Crippen molar-refractivity contribution in [3.8, 4) is 17.0 Å². The predicted octanol–water partition coefficient (Wildman–Crippen LogP) is 3.49. The van der Waals surface area contributed by atoms with Crippen LogP contribution in [0.5, 0.6) is 5.75 Å². The van der Waals surface area contributed by atoms with Gasteiger partial charge in [0.2, 0.25) is 0 Å². The van der Waals surface area contributed by atoms with Gasteiger partial charge < -0.3 is 14.5 Å². The molecule has 0 atom stereocenters. The van der Waals surface area contributed by atoms with Crippen molar-refractivity contribution in [1.29, 1.82) is 0 Å². The maximum Gasteiger partial charge on any atom is 0.260 e. The van der Waals surface area contributed by atoms with Gasteiger partial charge >= 0.3 is 0 Å². The molecule has 1 aliphatic rings. The van der Waals surface area contributed by atoms with E-state index in [1.54, 1.807) is 6.33 Å². The van der Waals surface area contributed by atoms with Crippen LogP contribution in [-0.2, 0) is 4.79 Å². The summed E-state index contributed by atoms with van der Waals surface area (Å²) < 4.78 is 5.76. The molecule has 1 aromatic heterocycles. The van der Waals surface area contributed by atoms with E-state index in [9.17, 15) is 4.79 Å². The van der Waals surface area contributed by atoms with E-state index < -0.39 is 0 Å². The van der Waals surface area contributed by atoms with Gasteiger partial charge in [-0.3, -0.25) is 4.79 Å². The largest absolute Gasteiger partial charge is 0.484 e. The second kappa shape index (κ2) is 8.95. The zero-order valence-electron chi connectivity index (χ0n) is 17.4. The van der Waals surface area contributed by atoms with Crippen molar-refractivity contribution in [1.82, 2.24) is 14.9 Å². The molecule has 2 aromatic carbocycles. The molecule has 1 fully saturated rings. The Morgan fingerprint density at radius 3 is 2.47 bits per heavy atom. The number of carbonyl (C=O) groups is 1. The number of aryl methyl sites for hydroxylation is 2. The summed E-state index contributed by atoms with van der Waals surface area (Å²) in [5.74, 6) is 1.67. The van der Waals surface area contributed by atoms with E-state index in [1.165, 1.54) is 5.56 Å². The minimum absolute atomic E-state index is 0.0160. The molecule has 0 bridgehead atoms. The molecule has 6 nitrogen and oxygen atoms in total. The van der Waals surface area contributed by atoms with Crippen LogP contribution in [0.2, 0.25) is 0 Å². The van der Waals surface area contributed by atoms with Gasteiger partial charge in [-0.15, -0.1) is 0 Å². The summed E-state index contributed by atoms with van der Waals surface area (Å²) in [6.07, 6.45) is 1.60. The van der Waals surface area contributed by atoms with Crippen LogP contribution in [0.3, 0.4) is 0 Å². The van der Waals surface area contributed by atoms with Crippen LogP contribution in [0, 0.1) is 13.8 Å². The Bertz CT molecular complexity index is 1010. The highest BCUT2D eigenvalue weighted by Gasteiger charge is 2.22. The first kappa shape index (κ1) is 19.9. The number of ether oxygens (including phenoxy) is 1. The standard InChI is InChI=1S/C24H26N4O2/c1-18-8-9-22(19(2)14-18)30-16-24(29)28-12-10-27(11-13-28)23-15-21(25-17-26-23)20-6-4-3-5-7-20/h3-9,14-15,17H,10-13,16H2,1-2H3. The van der Waals surface area contributed by atoms with Gasteiger partial charge in [-0.05, 0) is 25.5 Å². The third-order valence-electron chi connectivity index (χ3n) is 5.36. The van der Waals surface area contributed by atoms with Gasteiger partial charge in [0.25, 0.3) is 5.91 Å². The lowest BCUT2D eigenvalue weighted by Crippen LogP contribution is -2.50. The predicted molar refractivity (Wildman–Crippen MR) is 118 cm³/mol. The van der Waals surface area contributed by atoms with Gasteiger partial charge in [0.1, 0.15) is 17.9 Å². The zero-order valence-corrected chi connectivity index (χ0v) is 17.4. The SMILES string of the molecule is Cc1ccc(OCC(=O)N2CCN(c3cc(-c4ccccc4)ncn3)CC2)c(C)c1. The van der Waals surface area contributed by atoms with E-state index in [2.05, 4.69) is 20.9 Å². The fraction of sp³-hybridized carbons (Fsp3) is 0.292. The Balaban J connectivity index is 1.33. The summed E-state index contributed by atoms with van der Waals surface area (Å²) in [6.45, 7) is 6.88. The molecule has 2 heterocycles. The molecule has 0 spiro atoms. The summed E-state index contributed by atoms with van der Waals surface area (Å²) in [5, 5.41) is 0. The Morgan fingerprint density at radius 1 is 0.967 bits per heavy atom. The number of carbonyl (C=O) groups excluding carboxylic acids is 1. The summed E-state index contributed by atoms with van der Waals surface area (Å²) in [6, 6.07) is 18.1. The van der Waals surface area contributed by atoms with Crippen molar-refractivity contribution in [2.75, 3.05) is 37.7 Å². The minimum Gasteiger partial charge on any atom is -0.484 e. The molecule has 1 aliphatic heterocycles. The summed E-state index contributed by atoms with van der Waals surface area (Å²) in [7, 11) is 0. The summed E-state index contributed by atoms with van der Waals surface area (Å²) in [5.41, 5.74) is 4.20. The molecule has 1 saturated heterocycles. The quantitative estimate of drug-likeness (QED) is 0.654. The third-order valence-corrected chi connectivity index (χ3v) is 5.36. The maximum atomic E-state index is 12.6. The molecule has 1 amide bonds. The Morgan fingerprint density at radius 2 is 1.73 bits per heavy atom. The molecule has 30 heavy (non-hydrogen) atoms. The van der Waals surface area contributed by atoms with Crippen LogP contribution in [0.25, 0.3) is 11.3 Å². The number of nitrogens with zero attached hydrogens (tertiary/aromatic N) is 4. The first-order chi connectivity index (χ1) is 14.6. The lowest BCUT2D eigenvalue weighted by Gasteiger charge is -2.35. The Hall–Kier alpha value is -3.41. The molecular weight excluding hydrogens is 376 g/mol. The smallest absolute Gasteiger partial charge is 0.260 e. The van der Waals surface area contributed by atoms with Crippen molar-refractivity contribution >= 4 is 11.7 Å². The van der Waals surface area contributed by atoms with Gasteiger partial charge in [0.15, 0.2) is 6.61 Å². The highest BCUT2D eigenvalue weighted by atomic mass is 16.5. The van der Waals surface area contributed by atoms with Gasteiger partial charge in [0.05, 0.1) is 5.69 Å². The lowest BCUT2D eigenvalue weighted by molar-refractivity contribution is -0.133. The average molecular weight is 402 g/mol. The third kappa shape index (κ3) is 4.59. The molecule has 0 radical (unpaired) electrons. The first-order valence-corrected chi connectivity index (χ1v) is 10.2. The van der Waals surface area contributed by atoms with Gasteiger partial charge in [0, 0.05) is 37.8 Å². The number of hydrogen-bond acceptors (Lipinski definition) is 5. The number of amides is 1. The topological polar surface area (TPSA) is 58.6 Å². The van der Waals surface area contributed by atoms with Gasteiger partial charge in [-0.1, -0.05) is 48.0 Å². The van der Waals surface area contributed by atoms with Crippen LogP contribution in [0.1, 0.15) is 11.1 Å². The van der Waals surface area contributed by atoms with E-state index >= 15 is 0 Å². The van der Waals surface area contributed by atoms with E-state index in [0.29, 0.717) is 13.1 Å². The van der Waals surface area contributed by atoms with Crippen molar-refractivity contribution in [3.05, 3.63) is 72.1 Å². The molecule has 0 saturated carbocycles. The highest BCUT2D eigenvalue weighted by molar-refractivity contribution is 5.78. The fourth-order valence-electron chi connectivity index (χ4n) is 3.66. The van der Waals surface area contributed by atoms with Gasteiger partial charge in [-0.25, -0.2) is 9.97 Å². The zero-order chi connectivity index (χ0) is 20.9. The number of piperazine rings is 1.